The van der Waals surface area contributed by atoms with E-state index in [1.165, 1.54) is 18.6 Å². The smallest absolute Gasteiger partial charge is 0.272 e. The summed E-state index contributed by atoms with van der Waals surface area (Å²) < 4.78 is 0. The van der Waals surface area contributed by atoms with Crippen LogP contribution in [0.2, 0.25) is 0 Å². The summed E-state index contributed by atoms with van der Waals surface area (Å²) in [5, 5.41) is 10.9. The first-order chi connectivity index (χ1) is 6.24. The van der Waals surface area contributed by atoms with Crippen LogP contribution in [0.4, 0.5) is 0 Å². The van der Waals surface area contributed by atoms with Crippen molar-refractivity contribution < 1.29 is 4.79 Å². The maximum atomic E-state index is 11.2. The molecule has 13 heavy (non-hydrogen) atoms. The fourth-order valence-electron chi connectivity index (χ4n) is 0.719. The van der Waals surface area contributed by atoms with Gasteiger partial charge in [-0.1, -0.05) is 0 Å². The topological polar surface area (TPSA) is 78.7 Å². The molecule has 0 aliphatic carbocycles. The highest BCUT2D eigenvalue weighted by molar-refractivity contribution is 5.92. The molecule has 0 aliphatic heterocycles. The average molecular weight is 176 g/mol. The quantitative estimate of drug-likeness (QED) is 0.694. The third-order valence-electron chi connectivity index (χ3n) is 1.34. The van der Waals surface area contributed by atoms with Crippen LogP contribution < -0.4 is 5.32 Å². The molecule has 5 nitrogen and oxygen atoms in total. The van der Waals surface area contributed by atoms with Crippen LogP contribution in [0, 0.1) is 11.3 Å². The van der Waals surface area contributed by atoms with Crippen molar-refractivity contribution in [2.45, 2.75) is 13.0 Å². The van der Waals surface area contributed by atoms with Crippen LogP contribution in [0.5, 0.6) is 0 Å². The van der Waals surface area contributed by atoms with Crippen molar-refractivity contribution in [3.63, 3.8) is 0 Å². The van der Waals surface area contributed by atoms with E-state index < -0.39 is 6.04 Å². The first-order valence-corrected chi connectivity index (χ1v) is 3.70. The van der Waals surface area contributed by atoms with E-state index in [9.17, 15) is 4.79 Å². The van der Waals surface area contributed by atoms with Crippen molar-refractivity contribution in [1.82, 2.24) is 15.3 Å². The zero-order chi connectivity index (χ0) is 9.68. The van der Waals surface area contributed by atoms with Gasteiger partial charge in [-0.25, -0.2) is 4.98 Å². The Bertz CT molecular complexity index is 330. The molecule has 1 N–H and O–H groups in total. The first kappa shape index (κ1) is 9.13. The van der Waals surface area contributed by atoms with Crippen molar-refractivity contribution in [3.8, 4) is 6.07 Å². The van der Waals surface area contributed by atoms with E-state index >= 15 is 0 Å². The minimum atomic E-state index is -0.519. The first-order valence-electron chi connectivity index (χ1n) is 3.70. The summed E-state index contributed by atoms with van der Waals surface area (Å²) >= 11 is 0. The molecule has 0 aromatic carbocycles. The second kappa shape index (κ2) is 4.16. The SMILES string of the molecule is CC(C#N)NC(=O)c1cnccn1. The van der Waals surface area contributed by atoms with Gasteiger partial charge >= 0.3 is 0 Å². The van der Waals surface area contributed by atoms with Crippen molar-refractivity contribution in [3.05, 3.63) is 24.3 Å². The lowest BCUT2D eigenvalue weighted by molar-refractivity contribution is 0.0942. The predicted molar refractivity (Wildman–Crippen MR) is 44.6 cm³/mol. The van der Waals surface area contributed by atoms with Crippen molar-refractivity contribution >= 4 is 5.91 Å². The van der Waals surface area contributed by atoms with Crippen LogP contribution in [0.25, 0.3) is 0 Å². The monoisotopic (exact) mass is 176 g/mol. The van der Waals surface area contributed by atoms with Gasteiger partial charge in [0.1, 0.15) is 11.7 Å². The minimum absolute atomic E-state index is 0.213. The predicted octanol–water partition coefficient (Wildman–Crippen LogP) is 0.118. The van der Waals surface area contributed by atoms with Crippen LogP contribution in [0.3, 0.4) is 0 Å². The molecule has 0 spiro atoms. The zero-order valence-electron chi connectivity index (χ0n) is 7.06. The Morgan fingerprint density at radius 1 is 1.69 bits per heavy atom. The van der Waals surface area contributed by atoms with E-state index in [4.69, 9.17) is 5.26 Å². The molecule has 5 heteroatoms. The number of hydrogen-bond donors (Lipinski definition) is 1. The molecule has 0 saturated carbocycles. The molecule has 1 atom stereocenters. The lowest BCUT2D eigenvalue weighted by Gasteiger charge is -2.04. The van der Waals surface area contributed by atoms with E-state index in [0.29, 0.717) is 0 Å². The average Bonchev–Trinajstić information content (AvgIpc) is 2.19. The van der Waals surface area contributed by atoms with E-state index in [1.54, 1.807) is 6.92 Å². The van der Waals surface area contributed by atoms with Crippen LogP contribution in [0.15, 0.2) is 18.6 Å². The third kappa shape index (κ3) is 2.52. The van der Waals surface area contributed by atoms with Gasteiger partial charge in [-0.2, -0.15) is 5.26 Å². The molecule has 1 unspecified atom stereocenters. The maximum absolute atomic E-state index is 11.2. The Morgan fingerprint density at radius 2 is 2.46 bits per heavy atom. The number of carbonyl (C=O) groups excluding carboxylic acids is 1. The number of nitrogens with zero attached hydrogens (tertiary/aromatic N) is 3. The Hall–Kier alpha value is -1.96. The van der Waals surface area contributed by atoms with Gasteiger partial charge in [0.2, 0.25) is 0 Å². The summed E-state index contributed by atoms with van der Waals surface area (Å²) in [5.41, 5.74) is 0.213. The standard InChI is InChI=1S/C8H8N4O/c1-6(4-9)12-8(13)7-5-10-2-3-11-7/h2-3,5-6H,1H3,(H,12,13). The molecule has 66 valence electrons. The Kier molecular flexibility index (Phi) is 2.92. The van der Waals surface area contributed by atoms with Gasteiger partial charge in [0.15, 0.2) is 0 Å². The highest BCUT2D eigenvalue weighted by Crippen LogP contribution is 1.90. The Labute approximate surface area is 75.4 Å². The molecule has 1 aromatic heterocycles. The van der Waals surface area contributed by atoms with Crippen LogP contribution in [-0.2, 0) is 0 Å². The lowest BCUT2D eigenvalue weighted by atomic mass is 10.3. The number of hydrogen-bond acceptors (Lipinski definition) is 4. The normalized spacial score (nSPS) is 11.4. The highest BCUT2D eigenvalue weighted by Gasteiger charge is 2.09. The van der Waals surface area contributed by atoms with Gasteiger partial charge in [-0.05, 0) is 6.92 Å². The van der Waals surface area contributed by atoms with E-state index in [0.717, 1.165) is 0 Å². The lowest BCUT2D eigenvalue weighted by Crippen LogP contribution is -2.31. The van der Waals surface area contributed by atoms with E-state index in [1.807, 2.05) is 6.07 Å². The van der Waals surface area contributed by atoms with Crippen molar-refractivity contribution in [2.75, 3.05) is 0 Å². The Balaban J connectivity index is 2.66. The maximum Gasteiger partial charge on any atom is 0.272 e. The number of nitriles is 1. The second-order valence-electron chi connectivity index (χ2n) is 2.41. The third-order valence-corrected chi connectivity index (χ3v) is 1.34. The highest BCUT2D eigenvalue weighted by atomic mass is 16.1. The van der Waals surface area contributed by atoms with Gasteiger partial charge in [-0.3, -0.25) is 9.78 Å². The summed E-state index contributed by atoms with van der Waals surface area (Å²) in [7, 11) is 0. The molecular formula is C8H8N4O. The number of aromatic nitrogens is 2. The molecular weight excluding hydrogens is 168 g/mol. The second-order valence-corrected chi connectivity index (χ2v) is 2.41. The molecule has 0 fully saturated rings. The summed E-state index contributed by atoms with van der Waals surface area (Å²) in [6, 6.07) is 1.37. The summed E-state index contributed by atoms with van der Waals surface area (Å²) in [5.74, 6) is -0.387. The molecule has 0 aliphatic rings. The van der Waals surface area contributed by atoms with E-state index in [-0.39, 0.29) is 11.6 Å². The summed E-state index contributed by atoms with van der Waals surface area (Å²) in [4.78, 5) is 18.8. The van der Waals surface area contributed by atoms with Gasteiger partial charge < -0.3 is 5.32 Å². The van der Waals surface area contributed by atoms with Crippen LogP contribution in [0.1, 0.15) is 17.4 Å². The molecule has 1 aromatic rings. The molecule has 0 saturated heterocycles. The number of carbonyl (C=O) groups is 1. The summed E-state index contributed by atoms with van der Waals surface area (Å²) in [6.07, 6.45) is 4.25. The molecule has 1 amide bonds. The van der Waals surface area contributed by atoms with Gasteiger partial charge in [-0.15, -0.1) is 0 Å². The fraction of sp³-hybridized carbons (Fsp3) is 0.250. The van der Waals surface area contributed by atoms with Crippen molar-refractivity contribution in [1.29, 1.82) is 5.26 Å². The fourth-order valence-corrected chi connectivity index (χ4v) is 0.719. The molecule has 1 heterocycles. The minimum Gasteiger partial charge on any atom is -0.335 e. The summed E-state index contributed by atoms with van der Waals surface area (Å²) in [6.45, 7) is 1.59. The molecule has 0 bridgehead atoms. The van der Waals surface area contributed by atoms with Crippen molar-refractivity contribution in [2.24, 2.45) is 0 Å². The Morgan fingerprint density at radius 3 is 3.00 bits per heavy atom. The van der Waals surface area contributed by atoms with E-state index in [2.05, 4.69) is 15.3 Å². The number of nitrogens with one attached hydrogen (secondary N) is 1. The zero-order valence-corrected chi connectivity index (χ0v) is 7.06. The molecule has 0 radical (unpaired) electrons. The van der Waals surface area contributed by atoms with Crippen LogP contribution in [-0.4, -0.2) is 21.9 Å². The largest absolute Gasteiger partial charge is 0.335 e. The molecule has 1 rings (SSSR count). The van der Waals surface area contributed by atoms with Gasteiger partial charge in [0.25, 0.3) is 5.91 Å². The van der Waals surface area contributed by atoms with Gasteiger partial charge in [0, 0.05) is 12.4 Å². The number of amides is 1. The van der Waals surface area contributed by atoms with Gasteiger partial charge in [0.05, 0.1) is 12.3 Å². The number of rotatable bonds is 2. The van der Waals surface area contributed by atoms with Crippen LogP contribution >= 0.6 is 0 Å².